The predicted molar refractivity (Wildman–Crippen MR) is 112 cm³/mol. The second-order valence-electron chi connectivity index (χ2n) is 5.79. The number of aliphatic imine (C=N–C) groups is 1. The molecule has 134 valence electrons. The molecule has 1 aliphatic rings. The predicted octanol–water partition coefficient (Wildman–Crippen LogP) is 2.29. The number of anilines is 1. The maximum absolute atomic E-state index is 12.0. The molecule has 0 spiro atoms. The number of nitrogens with one attached hydrogen (secondary N) is 2. The summed E-state index contributed by atoms with van der Waals surface area (Å²) in [5.41, 5.74) is 0.698. The van der Waals surface area contributed by atoms with Gasteiger partial charge in [-0.25, -0.2) is 0 Å². The molecule has 2 rings (SSSR count). The zero-order chi connectivity index (χ0) is 16.7. The highest BCUT2D eigenvalue weighted by atomic mass is 127. The van der Waals surface area contributed by atoms with Crippen LogP contribution in [0.1, 0.15) is 13.8 Å². The number of aromatic nitrogens is 1. The van der Waals surface area contributed by atoms with Crippen LogP contribution in [0.4, 0.5) is 5.69 Å². The molecule has 8 heteroatoms. The Labute approximate surface area is 165 Å². The summed E-state index contributed by atoms with van der Waals surface area (Å²) in [7, 11) is 1.76. The Hall–Kier alpha value is -1.03. The lowest BCUT2D eigenvalue weighted by molar-refractivity contribution is -0.115. The maximum atomic E-state index is 12.0. The van der Waals surface area contributed by atoms with E-state index in [9.17, 15) is 4.79 Å². The average molecular weight is 463 g/mol. The zero-order valence-corrected chi connectivity index (χ0v) is 17.5. The van der Waals surface area contributed by atoms with Gasteiger partial charge in [0.2, 0.25) is 5.91 Å². The Bertz CT molecular complexity index is 541. The Morgan fingerprint density at radius 2 is 2.33 bits per heavy atom. The van der Waals surface area contributed by atoms with Crippen LogP contribution < -0.4 is 10.6 Å². The van der Waals surface area contributed by atoms with Crippen LogP contribution in [0.2, 0.25) is 0 Å². The molecule has 0 bridgehead atoms. The van der Waals surface area contributed by atoms with E-state index in [-0.39, 0.29) is 36.4 Å². The van der Waals surface area contributed by atoms with Gasteiger partial charge in [-0.15, -0.1) is 24.0 Å². The van der Waals surface area contributed by atoms with Crippen molar-refractivity contribution < 1.29 is 4.79 Å². The Kier molecular flexibility index (Phi) is 9.42. The van der Waals surface area contributed by atoms with Gasteiger partial charge in [0.05, 0.1) is 18.4 Å². The summed E-state index contributed by atoms with van der Waals surface area (Å²) in [6, 6.07) is 3.61. The van der Waals surface area contributed by atoms with E-state index in [4.69, 9.17) is 0 Å². The van der Waals surface area contributed by atoms with Gasteiger partial charge in [-0.05, 0) is 18.1 Å². The molecular formula is C16H26IN5OS. The molecule has 0 aliphatic carbocycles. The number of pyridine rings is 1. The Morgan fingerprint density at radius 1 is 1.54 bits per heavy atom. The van der Waals surface area contributed by atoms with E-state index in [2.05, 4.69) is 39.4 Å². The summed E-state index contributed by atoms with van der Waals surface area (Å²) >= 11 is 2.02. The third-order valence-corrected chi connectivity index (χ3v) is 5.24. The van der Waals surface area contributed by atoms with Crippen LogP contribution in [-0.4, -0.2) is 59.4 Å². The van der Waals surface area contributed by atoms with Gasteiger partial charge >= 0.3 is 0 Å². The van der Waals surface area contributed by atoms with Gasteiger partial charge in [0.25, 0.3) is 0 Å². The largest absolute Gasteiger partial charge is 0.347 e. The summed E-state index contributed by atoms with van der Waals surface area (Å²) < 4.78 is 0. The molecule has 1 amide bonds. The highest BCUT2D eigenvalue weighted by Crippen LogP contribution is 2.24. The van der Waals surface area contributed by atoms with Crippen LogP contribution in [0, 0.1) is 5.92 Å². The first-order valence-electron chi connectivity index (χ1n) is 7.87. The summed E-state index contributed by atoms with van der Waals surface area (Å²) in [6.45, 7) is 6.61. The summed E-state index contributed by atoms with van der Waals surface area (Å²) in [5.74, 6) is 2.41. The fraction of sp³-hybridized carbons (Fsp3) is 0.562. The first-order valence-corrected chi connectivity index (χ1v) is 8.92. The van der Waals surface area contributed by atoms with Gasteiger partial charge in [-0.1, -0.05) is 13.8 Å². The van der Waals surface area contributed by atoms with Gasteiger partial charge < -0.3 is 15.5 Å². The molecule has 1 aliphatic heterocycles. The molecule has 2 heterocycles. The lowest BCUT2D eigenvalue weighted by Crippen LogP contribution is -2.50. The van der Waals surface area contributed by atoms with Gasteiger partial charge in [0, 0.05) is 37.3 Å². The number of halogens is 1. The molecule has 1 saturated heterocycles. The zero-order valence-electron chi connectivity index (χ0n) is 14.4. The van der Waals surface area contributed by atoms with Gasteiger partial charge in [0.1, 0.15) is 0 Å². The van der Waals surface area contributed by atoms with Crippen LogP contribution in [0.15, 0.2) is 29.5 Å². The number of nitrogens with zero attached hydrogens (tertiary/aromatic N) is 3. The molecule has 1 atom stereocenters. The highest BCUT2D eigenvalue weighted by molar-refractivity contribution is 14.0. The van der Waals surface area contributed by atoms with E-state index in [0.717, 1.165) is 24.8 Å². The Morgan fingerprint density at radius 3 is 2.96 bits per heavy atom. The number of carbonyl (C=O) groups excluding carboxylic acids is 1. The standard InChI is InChI=1S/C16H25N5OS.HI/c1-12(2)14-11-21(7-8-23-14)16(17-3)19-10-15(22)20-13-5-4-6-18-9-13;/h4-6,9,12,14H,7-8,10-11H2,1-3H3,(H,17,19)(H,20,22);1H. The summed E-state index contributed by atoms with van der Waals surface area (Å²) in [4.78, 5) is 22.5. The lowest BCUT2D eigenvalue weighted by atomic mass is 10.1. The summed E-state index contributed by atoms with van der Waals surface area (Å²) in [6.07, 6.45) is 3.30. The molecule has 1 aromatic heterocycles. The van der Waals surface area contributed by atoms with E-state index >= 15 is 0 Å². The van der Waals surface area contributed by atoms with Crippen LogP contribution in [-0.2, 0) is 4.79 Å². The molecule has 1 unspecified atom stereocenters. The van der Waals surface area contributed by atoms with Crippen LogP contribution in [0.5, 0.6) is 0 Å². The van der Waals surface area contributed by atoms with Crippen molar-refractivity contribution in [2.24, 2.45) is 10.9 Å². The normalized spacial score (nSPS) is 18.1. The fourth-order valence-corrected chi connectivity index (χ4v) is 3.70. The van der Waals surface area contributed by atoms with Gasteiger partial charge in [-0.3, -0.25) is 14.8 Å². The van der Waals surface area contributed by atoms with E-state index in [1.807, 2.05) is 17.8 Å². The molecule has 1 fully saturated rings. The van der Waals surface area contributed by atoms with E-state index in [0.29, 0.717) is 16.9 Å². The van der Waals surface area contributed by atoms with Crippen LogP contribution >= 0.6 is 35.7 Å². The van der Waals surface area contributed by atoms with Crippen molar-refractivity contribution in [2.75, 3.05) is 37.8 Å². The van der Waals surface area contributed by atoms with E-state index in [1.54, 1.807) is 25.5 Å². The smallest absolute Gasteiger partial charge is 0.243 e. The van der Waals surface area contributed by atoms with Crippen molar-refractivity contribution in [1.82, 2.24) is 15.2 Å². The Balaban J connectivity index is 0.00000288. The van der Waals surface area contributed by atoms with Crippen LogP contribution in [0.25, 0.3) is 0 Å². The number of hydrogen-bond donors (Lipinski definition) is 2. The van der Waals surface area contributed by atoms with Gasteiger partial charge in [-0.2, -0.15) is 11.8 Å². The quantitative estimate of drug-likeness (QED) is 0.408. The molecule has 2 N–H and O–H groups in total. The third kappa shape index (κ3) is 6.46. The van der Waals surface area contributed by atoms with E-state index < -0.39 is 0 Å². The molecule has 0 aromatic carbocycles. The third-order valence-electron chi connectivity index (χ3n) is 3.70. The second-order valence-corrected chi connectivity index (χ2v) is 7.14. The van der Waals surface area contributed by atoms with Crippen LogP contribution in [0.3, 0.4) is 0 Å². The topological polar surface area (TPSA) is 69.6 Å². The van der Waals surface area contributed by atoms with Crippen molar-refractivity contribution in [1.29, 1.82) is 0 Å². The van der Waals surface area contributed by atoms with Gasteiger partial charge in [0.15, 0.2) is 5.96 Å². The van der Waals surface area contributed by atoms with Crippen molar-refractivity contribution in [2.45, 2.75) is 19.1 Å². The first kappa shape index (κ1) is 21.0. The molecule has 0 saturated carbocycles. The summed E-state index contributed by atoms with van der Waals surface area (Å²) in [5, 5.41) is 6.57. The monoisotopic (exact) mass is 463 g/mol. The number of carbonyl (C=O) groups is 1. The van der Waals surface area contributed by atoms with Crippen molar-refractivity contribution in [3.05, 3.63) is 24.5 Å². The van der Waals surface area contributed by atoms with Crippen molar-refractivity contribution >= 4 is 53.3 Å². The highest BCUT2D eigenvalue weighted by Gasteiger charge is 2.24. The SMILES string of the molecule is CN=C(NCC(=O)Nc1cccnc1)N1CCSC(C(C)C)C1.I. The molecule has 6 nitrogen and oxygen atoms in total. The minimum absolute atomic E-state index is 0. The van der Waals surface area contributed by atoms with Crippen molar-refractivity contribution in [3.8, 4) is 0 Å². The second kappa shape index (κ2) is 10.8. The number of amides is 1. The maximum Gasteiger partial charge on any atom is 0.243 e. The average Bonchev–Trinajstić information content (AvgIpc) is 2.56. The minimum atomic E-state index is -0.106. The first-order chi connectivity index (χ1) is 11.1. The molecule has 0 radical (unpaired) electrons. The number of thioether (sulfide) groups is 1. The van der Waals surface area contributed by atoms with E-state index in [1.165, 1.54) is 0 Å². The number of hydrogen-bond acceptors (Lipinski definition) is 4. The fourth-order valence-electron chi connectivity index (χ4n) is 2.40. The number of rotatable bonds is 4. The van der Waals surface area contributed by atoms with Crippen molar-refractivity contribution in [3.63, 3.8) is 0 Å². The molecular weight excluding hydrogens is 437 g/mol. The number of guanidine groups is 1. The molecule has 1 aromatic rings. The lowest BCUT2D eigenvalue weighted by Gasteiger charge is -2.36. The minimum Gasteiger partial charge on any atom is -0.347 e. The molecule has 24 heavy (non-hydrogen) atoms.